The van der Waals surface area contributed by atoms with Crippen molar-refractivity contribution in [3.8, 4) is 5.69 Å². The van der Waals surface area contributed by atoms with Crippen LogP contribution in [0.25, 0.3) is 11.8 Å². The lowest BCUT2D eigenvalue weighted by atomic mass is 9.88. The number of nitrogens with zero attached hydrogens (tertiary/aromatic N) is 5. The minimum absolute atomic E-state index is 0.0609. The van der Waals surface area contributed by atoms with Gasteiger partial charge in [0.25, 0.3) is 0 Å². The average Bonchev–Trinajstić information content (AvgIpc) is 3.42. The van der Waals surface area contributed by atoms with Crippen LogP contribution in [0, 0.1) is 5.92 Å². The Bertz CT molecular complexity index is 1470. The monoisotopic (exact) mass is 530 g/mol. The highest BCUT2D eigenvalue weighted by molar-refractivity contribution is 6.30. The number of amides is 3. The van der Waals surface area contributed by atoms with Gasteiger partial charge in [0.2, 0.25) is 17.7 Å². The second-order valence-electron chi connectivity index (χ2n) is 8.27. The topological polar surface area (TPSA) is 158 Å². The molecule has 11 nitrogen and oxygen atoms in total. The van der Waals surface area contributed by atoms with Crippen LogP contribution in [0.4, 0.5) is 11.5 Å². The number of carbonyl (C=O) groups is 3. The Kier molecular flexibility index (Phi) is 8.19. The zero-order valence-electron chi connectivity index (χ0n) is 20.2. The molecule has 192 valence electrons. The molecule has 2 heterocycles. The van der Waals surface area contributed by atoms with Crippen LogP contribution in [-0.4, -0.2) is 42.9 Å². The molecule has 4 N–H and O–H groups in total. The minimum atomic E-state index is -0.967. The van der Waals surface area contributed by atoms with E-state index in [0.717, 1.165) is 5.56 Å². The standard InChI is InChI=1S/C26H23ClN8O3/c1-16(36)31-24-10-8-20(14-29-24)32-26(38)22(11-17-5-3-2-4-6-17)21(25(28)37)13-18-12-19(27)7-9-23(18)35-15-30-33-34-35/h2-10,12-15,22H,11H2,1H3,(H2,28,37)(H,32,38)(H,29,31,36)/t22-/m0/s1. The fraction of sp³-hybridized carbons (Fsp3) is 0.115. The molecule has 0 saturated heterocycles. The van der Waals surface area contributed by atoms with Crippen molar-refractivity contribution < 1.29 is 14.4 Å². The van der Waals surface area contributed by atoms with Crippen LogP contribution in [0.5, 0.6) is 0 Å². The van der Waals surface area contributed by atoms with Crippen LogP contribution in [0.1, 0.15) is 18.1 Å². The molecule has 4 aromatic rings. The van der Waals surface area contributed by atoms with Gasteiger partial charge in [-0.05, 0) is 58.8 Å². The van der Waals surface area contributed by atoms with Crippen LogP contribution < -0.4 is 16.4 Å². The van der Waals surface area contributed by atoms with Gasteiger partial charge < -0.3 is 16.4 Å². The van der Waals surface area contributed by atoms with Gasteiger partial charge in [-0.15, -0.1) is 5.10 Å². The lowest BCUT2D eigenvalue weighted by molar-refractivity contribution is -0.121. The van der Waals surface area contributed by atoms with Crippen molar-refractivity contribution in [2.75, 3.05) is 10.6 Å². The Morgan fingerprint density at radius 1 is 1.08 bits per heavy atom. The number of nitrogens with one attached hydrogen (secondary N) is 2. The third kappa shape index (κ3) is 6.65. The van der Waals surface area contributed by atoms with E-state index in [-0.39, 0.29) is 17.9 Å². The minimum Gasteiger partial charge on any atom is -0.366 e. The molecule has 0 aliphatic rings. The van der Waals surface area contributed by atoms with E-state index in [1.54, 1.807) is 30.3 Å². The highest BCUT2D eigenvalue weighted by atomic mass is 35.5. The van der Waals surface area contributed by atoms with Gasteiger partial charge in [0.15, 0.2) is 0 Å². The Labute approximate surface area is 222 Å². The average molecular weight is 531 g/mol. The molecule has 0 bridgehead atoms. The van der Waals surface area contributed by atoms with Gasteiger partial charge in [0, 0.05) is 23.1 Å². The van der Waals surface area contributed by atoms with Gasteiger partial charge in [0.1, 0.15) is 12.1 Å². The number of tetrazole rings is 1. The van der Waals surface area contributed by atoms with E-state index in [1.165, 1.54) is 30.2 Å². The molecule has 0 fully saturated rings. The molecular formula is C26H23ClN8O3. The van der Waals surface area contributed by atoms with Crippen molar-refractivity contribution in [3.05, 3.63) is 94.9 Å². The van der Waals surface area contributed by atoms with Gasteiger partial charge >= 0.3 is 0 Å². The molecule has 0 aliphatic carbocycles. The fourth-order valence-electron chi connectivity index (χ4n) is 3.78. The van der Waals surface area contributed by atoms with E-state index >= 15 is 0 Å². The molecule has 0 aliphatic heterocycles. The predicted octanol–water partition coefficient (Wildman–Crippen LogP) is 3.04. The zero-order chi connectivity index (χ0) is 27.1. The number of rotatable bonds is 9. The largest absolute Gasteiger partial charge is 0.366 e. The summed E-state index contributed by atoms with van der Waals surface area (Å²) < 4.78 is 1.41. The number of benzene rings is 2. The van der Waals surface area contributed by atoms with Crippen LogP contribution in [0.2, 0.25) is 5.02 Å². The highest BCUT2D eigenvalue weighted by Gasteiger charge is 2.28. The summed E-state index contributed by atoms with van der Waals surface area (Å²) in [5.74, 6) is -2.15. The first-order chi connectivity index (χ1) is 18.3. The molecule has 0 saturated carbocycles. The van der Waals surface area contributed by atoms with Gasteiger partial charge in [0.05, 0.1) is 23.5 Å². The Morgan fingerprint density at radius 2 is 1.87 bits per heavy atom. The van der Waals surface area contributed by atoms with Crippen LogP contribution in [-0.2, 0) is 20.8 Å². The number of anilines is 2. The van der Waals surface area contributed by atoms with E-state index in [4.69, 9.17) is 17.3 Å². The fourth-order valence-corrected chi connectivity index (χ4v) is 3.96. The molecule has 3 amide bonds. The van der Waals surface area contributed by atoms with Gasteiger partial charge in [-0.1, -0.05) is 41.9 Å². The SMILES string of the molecule is CC(=O)Nc1ccc(NC(=O)[C@@H](Cc2ccccc2)C(=Cc2cc(Cl)ccc2-n2cnnn2)C(N)=O)cn1. The van der Waals surface area contributed by atoms with Crippen molar-refractivity contribution in [1.29, 1.82) is 0 Å². The van der Waals surface area contributed by atoms with Crippen molar-refractivity contribution in [1.82, 2.24) is 25.2 Å². The third-order valence-electron chi connectivity index (χ3n) is 5.49. The molecule has 4 rings (SSSR count). The molecule has 0 spiro atoms. The maximum absolute atomic E-state index is 13.6. The maximum Gasteiger partial charge on any atom is 0.245 e. The molecule has 2 aromatic carbocycles. The van der Waals surface area contributed by atoms with Gasteiger partial charge in [-0.2, -0.15) is 4.68 Å². The van der Waals surface area contributed by atoms with Gasteiger partial charge in [-0.25, -0.2) is 4.98 Å². The van der Waals surface area contributed by atoms with Crippen molar-refractivity contribution in [2.24, 2.45) is 11.7 Å². The maximum atomic E-state index is 13.6. The summed E-state index contributed by atoms with van der Waals surface area (Å²) in [6.45, 7) is 1.37. The lowest BCUT2D eigenvalue weighted by Gasteiger charge is -2.19. The molecule has 38 heavy (non-hydrogen) atoms. The Hall–Kier alpha value is -4.90. The molecular weight excluding hydrogens is 508 g/mol. The van der Waals surface area contributed by atoms with Crippen molar-refractivity contribution in [2.45, 2.75) is 13.3 Å². The van der Waals surface area contributed by atoms with Crippen molar-refractivity contribution >= 4 is 46.9 Å². The Balaban J connectivity index is 1.73. The quantitative estimate of drug-likeness (QED) is 0.280. The Morgan fingerprint density at radius 3 is 2.50 bits per heavy atom. The number of halogens is 1. The number of hydrogen-bond acceptors (Lipinski definition) is 7. The lowest BCUT2D eigenvalue weighted by Crippen LogP contribution is -2.32. The number of pyridine rings is 1. The predicted molar refractivity (Wildman–Crippen MR) is 142 cm³/mol. The van der Waals surface area contributed by atoms with Crippen LogP contribution >= 0.6 is 11.6 Å². The number of aromatic nitrogens is 5. The summed E-state index contributed by atoms with van der Waals surface area (Å²) in [6.07, 6.45) is 4.52. The second kappa shape index (κ2) is 11.9. The van der Waals surface area contributed by atoms with E-state index in [9.17, 15) is 14.4 Å². The normalized spacial score (nSPS) is 12.0. The molecule has 0 radical (unpaired) electrons. The molecule has 0 unspecified atom stereocenters. The first kappa shape index (κ1) is 26.2. The summed E-state index contributed by atoms with van der Waals surface area (Å²) in [4.78, 5) is 41.7. The van der Waals surface area contributed by atoms with Crippen LogP contribution in [0.15, 0.2) is 78.8 Å². The molecule has 2 aromatic heterocycles. The highest BCUT2D eigenvalue weighted by Crippen LogP contribution is 2.27. The summed E-state index contributed by atoms with van der Waals surface area (Å²) in [7, 11) is 0. The second-order valence-corrected chi connectivity index (χ2v) is 8.70. The van der Waals surface area contributed by atoms with E-state index < -0.39 is 17.7 Å². The zero-order valence-corrected chi connectivity index (χ0v) is 21.0. The summed E-state index contributed by atoms with van der Waals surface area (Å²) in [6, 6.07) is 17.4. The summed E-state index contributed by atoms with van der Waals surface area (Å²) in [5, 5.41) is 17.0. The summed E-state index contributed by atoms with van der Waals surface area (Å²) in [5.41, 5.74) is 8.12. The number of carbonyl (C=O) groups excluding carboxylic acids is 3. The first-order valence-corrected chi connectivity index (χ1v) is 11.8. The number of nitrogens with two attached hydrogens (primary N) is 1. The number of primary amides is 1. The van der Waals surface area contributed by atoms with Crippen LogP contribution in [0.3, 0.4) is 0 Å². The van der Waals surface area contributed by atoms with Crippen molar-refractivity contribution in [3.63, 3.8) is 0 Å². The van der Waals surface area contributed by atoms with E-state index in [0.29, 0.717) is 27.8 Å². The first-order valence-electron chi connectivity index (χ1n) is 11.4. The molecule has 1 atom stereocenters. The summed E-state index contributed by atoms with van der Waals surface area (Å²) >= 11 is 6.25. The number of hydrogen-bond donors (Lipinski definition) is 3. The van der Waals surface area contributed by atoms with Gasteiger partial charge in [-0.3, -0.25) is 14.4 Å². The smallest absolute Gasteiger partial charge is 0.245 e. The molecule has 12 heteroatoms. The van der Waals surface area contributed by atoms with E-state index in [1.807, 2.05) is 30.3 Å². The third-order valence-corrected chi connectivity index (χ3v) is 5.73. The van der Waals surface area contributed by atoms with E-state index in [2.05, 4.69) is 31.1 Å².